The SMILES string of the molecule is COCc1cc(=O)[nH]c(S)c1C#N. The molecule has 5 heteroatoms. The van der Waals surface area contributed by atoms with Gasteiger partial charge in [-0.15, -0.1) is 12.6 Å². The van der Waals surface area contributed by atoms with Gasteiger partial charge in [0.05, 0.1) is 17.2 Å². The molecule has 0 amide bonds. The van der Waals surface area contributed by atoms with Crippen LogP contribution in [0, 0.1) is 11.3 Å². The third-order valence-corrected chi connectivity index (χ3v) is 1.85. The van der Waals surface area contributed by atoms with Crippen molar-refractivity contribution in [2.24, 2.45) is 0 Å². The molecule has 0 bridgehead atoms. The highest BCUT2D eigenvalue weighted by Crippen LogP contribution is 2.12. The summed E-state index contributed by atoms with van der Waals surface area (Å²) >= 11 is 3.98. The number of thiol groups is 1. The molecule has 0 saturated heterocycles. The molecule has 0 saturated carbocycles. The fourth-order valence-corrected chi connectivity index (χ4v) is 1.30. The average Bonchev–Trinajstić information content (AvgIpc) is 2.04. The van der Waals surface area contributed by atoms with Gasteiger partial charge in [-0.2, -0.15) is 5.26 Å². The lowest BCUT2D eigenvalue weighted by Crippen LogP contribution is -2.09. The smallest absolute Gasteiger partial charge is 0.249 e. The number of methoxy groups -OCH3 is 1. The van der Waals surface area contributed by atoms with E-state index in [0.29, 0.717) is 11.1 Å². The molecule has 0 spiro atoms. The lowest BCUT2D eigenvalue weighted by atomic mass is 10.2. The molecule has 4 nitrogen and oxygen atoms in total. The number of hydrogen-bond acceptors (Lipinski definition) is 4. The van der Waals surface area contributed by atoms with E-state index in [0.717, 1.165) is 0 Å². The monoisotopic (exact) mass is 196 g/mol. The van der Waals surface area contributed by atoms with Crippen molar-refractivity contribution in [2.75, 3.05) is 7.11 Å². The normalized spacial score (nSPS) is 9.62. The maximum Gasteiger partial charge on any atom is 0.249 e. The zero-order valence-electron chi connectivity index (χ0n) is 7.00. The van der Waals surface area contributed by atoms with Crippen molar-refractivity contribution in [3.63, 3.8) is 0 Å². The van der Waals surface area contributed by atoms with Crippen molar-refractivity contribution < 1.29 is 4.74 Å². The Morgan fingerprint density at radius 1 is 1.77 bits per heavy atom. The topological polar surface area (TPSA) is 65.9 Å². The van der Waals surface area contributed by atoms with E-state index in [2.05, 4.69) is 17.6 Å². The maximum atomic E-state index is 11.0. The third-order valence-electron chi connectivity index (χ3n) is 1.52. The molecule has 0 aliphatic heterocycles. The minimum atomic E-state index is -0.281. The van der Waals surface area contributed by atoms with Gasteiger partial charge in [-0.05, 0) is 0 Å². The number of nitrogens with zero attached hydrogens (tertiary/aromatic N) is 1. The van der Waals surface area contributed by atoms with E-state index in [1.54, 1.807) is 0 Å². The van der Waals surface area contributed by atoms with E-state index < -0.39 is 0 Å². The van der Waals surface area contributed by atoms with Gasteiger partial charge in [0.15, 0.2) is 0 Å². The van der Waals surface area contributed by atoms with Crippen LogP contribution in [0.2, 0.25) is 0 Å². The first-order valence-corrected chi connectivity index (χ1v) is 3.98. The quantitative estimate of drug-likeness (QED) is 0.684. The fraction of sp³-hybridized carbons (Fsp3) is 0.250. The molecule has 0 aliphatic carbocycles. The van der Waals surface area contributed by atoms with Crippen LogP contribution in [0.5, 0.6) is 0 Å². The van der Waals surface area contributed by atoms with Gasteiger partial charge in [0, 0.05) is 18.7 Å². The van der Waals surface area contributed by atoms with Gasteiger partial charge in [0.2, 0.25) is 5.56 Å². The van der Waals surface area contributed by atoms with Crippen molar-refractivity contribution in [3.8, 4) is 6.07 Å². The Balaban J connectivity index is 3.31. The van der Waals surface area contributed by atoms with E-state index in [9.17, 15) is 4.79 Å². The first kappa shape index (κ1) is 9.84. The van der Waals surface area contributed by atoms with E-state index in [1.807, 2.05) is 6.07 Å². The van der Waals surface area contributed by atoms with E-state index >= 15 is 0 Å². The summed E-state index contributed by atoms with van der Waals surface area (Å²) in [6.45, 7) is 0.236. The molecular weight excluding hydrogens is 188 g/mol. The summed E-state index contributed by atoms with van der Waals surface area (Å²) in [5, 5.41) is 9.02. The van der Waals surface area contributed by atoms with Crippen molar-refractivity contribution in [1.29, 1.82) is 5.26 Å². The number of H-pyrrole nitrogens is 1. The van der Waals surface area contributed by atoms with E-state index in [1.165, 1.54) is 13.2 Å². The number of nitriles is 1. The van der Waals surface area contributed by atoms with Crippen LogP contribution in [0.15, 0.2) is 15.9 Å². The molecule has 1 heterocycles. The Hall–Kier alpha value is -1.25. The molecule has 1 rings (SSSR count). The van der Waals surface area contributed by atoms with Crippen molar-refractivity contribution >= 4 is 12.6 Å². The first-order chi connectivity index (χ1) is 6.19. The Labute approximate surface area is 80.6 Å². The third kappa shape index (κ3) is 2.11. The molecule has 1 aromatic rings. The van der Waals surface area contributed by atoms with Gasteiger partial charge >= 0.3 is 0 Å². The Morgan fingerprint density at radius 3 is 3.00 bits per heavy atom. The Bertz CT molecular complexity index is 406. The fourth-order valence-electron chi connectivity index (χ4n) is 0.992. The second-order valence-electron chi connectivity index (χ2n) is 2.43. The number of aromatic amines is 1. The first-order valence-electron chi connectivity index (χ1n) is 3.53. The lowest BCUT2D eigenvalue weighted by Gasteiger charge is -2.03. The second kappa shape index (κ2) is 4.12. The predicted octanol–water partition coefficient (Wildman–Crippen LogP) is 0.682. The minimum Gasteiger partial charge on any atom is -0.380 e. The number of nitrogens with one attached hydrogen (secondary N) is 1. The summed E-state index contributed by atoms with van der Waals surface area (Å²) < 4.78 is 4.84. The highest BCUT2D eigenvalue weighted by Gasteiger charge is 2.06. The predicted molar refractivity (Wildman–Crippen MR) is 49.7 cm³/mol. The summed E-state index contributed by atoms with van der Waals surface area (Å²) in [5.74, 6) is 0. The van der Waals surface area contributed by atoms with Crippen LogP contribution < -0.4 is 5.56 Å². The molecule has 68 valence electrons. The van der Waals surface area contributed by atoms with Crippen LogP contribution in [-0.2, 0) is 11.3 Å². The number of pyridine rings is 1. The molecule has 0 fully saturated rings. The van der Waals surface area contributed by atoms with Crippen LogP contribution in [-0.4, -0.2) is 12.1 Å². The highest BCUT2D eigenvalue weighted by atomic mass is 32.1. The number of hydrogen-bond donors (Lipinski definition) is 2. The molecule has 0 unspecified atom stereocenters. The van der Waals surface area contributed by atoms with Crippen LogP contribution in [0.25, 0.3) is 0 Å². The van der Waals surface area contributed by atoms with Gasteiger partial charge in [0.25, 0.3) is 0 Å². The molecule has 0 radical (unpaired) electrons. The zero-order valence-corrected chi connectivity index (χ0v) is 7.89. The minimum absolute atomic E-state index is 0.236. The lowest BCUT2D eigenvalue weighted by molar-refractivity contribution is 0.184. The Kier molecular flexibility index (Phi) is 3.12. The van der Waals surface area contributed by atoms with Crippen molar-refractivity contribution in [2.45, 2.75) is 11.6 Å². The summed E-state index contributed by atoms with van der Waals surface area (Å²) in [6, 6.07) is 3.28. The molecule has 13 heavy (non-hydrogen) atoms. The zero-order chi connectivity index (χ0) is 9.84. The van der Waals surface area contributed by atoms with Crippen molar-refractivity contribution in [3.05, 3.63) is 27.5 Å². The van der Waals surface area contributed by atoms with Gasteiger partial charge < -0.3 is 9.72 Å². The molecule has 1 aromatic heterocycles. The number of ether oxygens (including phenoxy) is 1. The number of rotatable bonds is 2. The van der Waals surface area contributed by atoms with Gasteiger partial charge in [0.1, 0.15) is 6.07 Å². The number of aromatic nitrogens is 1. The van der Waals surface area contributed by atoms with Crippen molar-refractivity contribution in [1.82, 2.24) is 4.98 Å². The molecule has 0 aliphatic rings. The van der Waals surface area contributed by atoms with Crippen LogP contribution >= 0.6 is 12.6 Å². The maximum absolute atomic E-state index is 11.0. The molecular formula is C8H8N2O2S. The van der Waals surface area contributed by atoms with Crippen LogP contribution in [0.1, 0.15) is 11.1 Å². The van der Waals surface area contributed by atoms with Gasteiger partial charge in [-0.25, -0.2) is 0 Å². The van der Waals surface area contributed by atoms with Crippen LogP contribution in [0.4, 0.5) is 0 Å². The molecule has 0 aromatic carbocycles. The summed E-state index contributed by atoms with van der Waals surface area (Å²) in [7, 11) is 1.50. The largest absolute Gasteiger partial charge is 0.380 e. The van der Waals surface area contributed by atoms with E-state index in [4.69, 9.17) is 10.00 Å². The highest BCUT2D eigenvalue weighted by molar-refractivity contribution is 7.80. The second-order valence-corrected chi connectivity index (χ2v) is 2.87. The average molecular weight is 196 g/mol. The molecule has 0 atom stereocenters. The molecule has 1 N–H and O–H groups in total. The summed E-state index contributed by atoms with van der Waals surface area (Å²) in [4.78, 5) is 13.4. The van der Waals surface area contributed by atoms with Crippen LogP contribution in [0.3, 0.4) is 0 Å². The summed E-state index contributed by atoms with van der Waals surface area (Å²) in [6.07, 6.45) is 0. The van der Waals surface area contributed by atoms with E-state index in [-0.39, 0.29) is 17.2 Å². The standard InChI is InChI=1S/C8H8N2O2S/c1-12-4-5-2-7(11)10-8(13)6(5)3-9/h2H,4H2,1H3,(H2,10,11,13). The van der Waals surface area contributed by atoms with Gasteiger partial charge in [-0.3, -0.25) is 4.79 Å². The van der Waals surface area contributed by atoms with Gasteiger partial charge in [-0.1, -0.05) is 0 Å². The summed E-state index contributed by atoms with van der Waals surface area (Å²) in [5.41, 5.74) is 0.625. The Morgan fingerprint density at radius 2 is 2.46 bits per heavy atom.